The van der Waals surface area contributed by atoms with E-state index in [2.05, 4.69) is 15.5 Å². The molecule has 0 atom stereocenters. The van der Waals surface area contributed by atoms with Gasteiger partial charge in [0.2, 0.25) is 0 Å². The number of aryl methyl sites for hydroxylation is 1. The molecule has 1 amide bonds. The number of carbonyl (C=O) groups is 2. The summed E-state index contributed by atoms with van der Waals surface area (Å²) in [5, 5.41) is 19.8. The van der Waals surface area contributed by atoms with Crippen LogP contribution in [0.15, 0.2) is 36.7 Å². The molecule has 0 bridgehead atoms. The van der Waals surface area contributed by atoms with E-state index in [4.69, 9.17) is 16.7 Å². The van der Waals surface area contributed by atoms with E-state index < -0.39 is 17.7 Å². The number of aromatic nitrogens is 4. The summed E-state index contributed by atoms with van der Waals surface area (Å²) in [5.74, 6) is -2.21. The molecular weight excluding hydrogens is 365 g/mol. The number of anilines is 1. The van der Waals surface area contributed by atoms with E-state index in [1.54, 1.807) is 12.3 Å². The lowest BCUT2D eigenvalue weighted by Crippen LogP contribution is -2.19. The highest BCUT2D eigenvalue weighted by Gasteiger charge is 2.22. The molecule has 0 fully saturated rings. The van der Waals surface area contributed by atoms with Gasteiger partial charge in [-0.25, -0.2) is 9.18 Å². The molecule has 10 heteroatoms. The predicted molar refractivity (Wildman–Crippen MR) is 90.9 cm³/mol. The molecule has 2 heterocycles. The molecule has 1 aromatic carbocycles. The number of halogens is 2. The summed E-state index contributed by atoms with van der Waals surface area (Å²) in [6.45, 7) is 0.0768. The molecule has 26 heavy (non-hydrogen) atoms. The molecule has 0 aliphatic heterocycles. The van der Waals surface area contributed by atoms with Gasteiger partial charge in [0.05, 0.1) is 12.7 Å². The molecular formula is C16H13ClFN5O3. The lowest BCUT2D eigenvalue weighted by molar-refractivity contribution is 0.0692. The number of amides is 1. The van der Waals surface area contributed by atoms with Crippen molar-refractivity contribution in [3.05, 3.63) is 64.3 Å². The number of rotatable bonds is 5. The quantitative estimate of drug-likeness (QED) is 0.710. The molecule has 3 rings (SSSR count). The number of hydrogen-bond acceptors (Lipinski definition) is 4. The number of hydrogen-bond donors (Lipinski definition) is 2. The summed E-state index contributed by atoms with van der Waals surface area (Å²) in [7, 11) is 1.46. The first-order chi connectivity index (χ1) is 12.4. The van der Waals surface area contributed by atoms with Gasteiger partial charge in [-0.3, -0.25) is 14.2 Å². The monoisotopic (exact) mass is 377 g/mol. The fourth-order valence-electron chi connectivity index (χ4n) is 2.40. The van der Waals surface area contributed by atoms with Gasteiger partial charge in [-0.15, -0.1) is 0 Å². The maximum absolute atomic E-state index is 13.8. The lowest BCUT2D eigenvalue weighted by Gasteiger charge is -2.06. The number of nitrogens with zero attached hydrogens (tertiary/aromatic N) is 4. The van der Waals surface area contributed by atoms with Gasteiger partial charge in [-0.1, -0.05) is 17.7 Å². The Morgan fingerprint density at radius 2 is 2.12 bits per heavy atom. The third-order valence-electron chi connectivity index (χ3n) is 3.65. The first-order valence-electron chi connectivity index (χ1n) is 7.40. The van der Waals surface area contributed by atoms with E-state index in [1.807, 2.05) is 0 Å². The Morgan fingerprint density at radius 3 is 2.81 bits per heavy atom. The Hall–Kier alpha value is -3.20. The third kappa shape index (κ3) is 3.42. The van der Waals surface area contributed by atoms with E-state index >= 15 is 0 Å². The van der Waals surface area contributed by atoms with Crippen LogP contribution in [0.1, 0.15) is 26.4 Å². The van der Waals surface area contributed by atoms with Crippen LogP contribution >= 0.6 is 11.6 Å². The molecule has 0 radical (unpaired) electrons. The standard InChI is InChI=1S/C16H13ClFN5O3/c1-22-14(9(7-19-22)16(25)26)15(24)20-13-5-6-23(21-13)8-10-11(17)3-2-4-12(10)18/h2-7H,8H2,1H3,(H,25,26)(H,20,21,24). The summed E-state index contributed by atoms with van der Waals surface area (Å²) in [5.41, 5.74) is -0.0540. The van der Waals surface area contributed by atoms with Crippen LogP contribution in [-0.2, 0) is 13.6 Å². The van der Waals surface area contributed by atoms with Gasteiger partial charge in [-0.2, -0.15) is 10.2 Å². The zero-order valence-electron chi connectivity index (χ0n) is 13.5. The average molecular weight is 378 g/mol. The summed E-state index contributed by atoms with van der Waals surface area (Å²) < 4.78 is 16.4. The second-order valence-corrected chi connectivity index (χ2v) is 5.80. The van der Waals surface area contributed by atoms with Crippen molar-refractivity contribution in [1.82, 2.24) is 19.6 Å². The minimum atomic E-state index is -1.26. The largest absolute Gasteiger partial charge is 0.478 e. The van der Waals surface area contributed by atoms with E-state index in [9.17, 15) is 14.0 Å². The van der Waals surface area contributed by atoms with Gasteiger partial charge in [0.15, 0.2) is 5.82 Å². The molecule has 0 saturated heterocycles. The molecule has 0 unspecified atom stereocenters. The summed E-state index contributed by atoms with van der Waals surface area (Å²) in [6.07, 6.45) is 2.63. The number of benzene rings is 1. The smallest absolute Gasteiger partial charge is 0.339 e. The SMILES string of the molecule is Cn1ncc(C(=O)O)c1C(=O)Nc1ccn(Cc2c(F)cccc2Cl)n1. The lowest BCUT2D eigenvalue weighted by atomic mass is 10.2. The second-order valence-electron chi connectivity index (χ2n) is 5.39. The van der Waals surface area contributed by atoms with Crippen LogP contribution in [0.5, 0.6) is 0 Å². The number of aromatic carboxylic acids is 1. The van der Waals surface area contributed by atoms with Crippen molar-refractivity contribution in [2.75, 3.05) is 5.32 Å². The fraction of sp³-hybridized carbons (Fsp3) is 0.125. The van der Waals surface area contributed by atoms with Gasteiger partial charge >= 0.3 is 5.97 Å². The molecule has 8 nitrogen and oxygen atoms in total. The van der Waals surface area contributed by atoms with Crippen LogP contribution in [0.25, 0.3) is 0 Å². The maximum Gasteiger partial charge on any atom is 0.339 e. The summed E-state index contributed by atoms with van der Waals surface area (Å²) in [6, 6.07) is 5.87. The van der Waals surface area contributed by atoms with Gasteiger partial charge in [0.1, 0.15) is 17.1 Å². The molecule has 0 aliphatic rings. The summed E-state index contributed by atoms with van der Waals surface area (Å²) >= 11 is 5.99. The Bertz CT molecular complexity index is 977. The van der Waals surface area contributed by atoms with Gasteiger partial charge in [0.25, 0.3) is 5.91 Å². The zero-order valence-corrected chi connectivity index (χ0v) is 14.2. The normalized spacial score (nSPS) is 10.7. The topological polar surface area (TPSA) is 102 Å². The number of carboxylic acid groups (broad SMARTS) is 1. The van der Waals surface area contributed by atoms with Crippen molar-refractivity contribution in [2.24, 2.45) is 7.05 Å². The molecule has 2 aromatic heterocycles. The van der Waals surface area contributed by atoms with E-state index in [0.717, 1.165) is 10.9 Å². The van der Waals surface area contributed by atoms with Crippen LogP contribution in [0, 0.1) is 5.82 Å². The van der Waals surface area contributed by atoms with Crippen molar-refractivity contribution in [2.45, 2.75) is 6.54 Å². The fourth-order valence-corrected chi connectivity index (χ4v) is 2.62. The molecule has 3 aromatic rings. The van der Waals surface area contributed by atoms with Crippen molar-refractivity contribution >= 4 is 29.3 Å². The van der Waals surface area contributed by atoms with E-state index in [-0.39, 0.29) is 34.2 Å². The molecule has 2 N–H and O–H groups in total. The molecule has 134 valence electrons. The van der Waals surface area contributed by atoms with Crippen LogP contribution in [-0.4, -0.2) is 36.5 Å². The van der Waals surface area contributed by atoms with Crippen LogP contribution < -0.4 is 5.32 Å². The van der Waals surface area contributed by atoms with E-state index in [0.29, 0.717) is 0 Å². The van der Waals surface area contributed by atoms with Crippen molar-refractivity contribution in [1.29, 1.82) is 0 Å². The number of nitrogens with one attached hydrogen (secondary N) is 1. The Kier molecular flexibility index (Phi) is 4.72. The minimum absolute atomic E-state index is 0.0768. The minimum Gasteiger partial charge on any atom is -0.478 e. The van der Waals surface area contributed by atoms with Crippen LogP contribution in [0.2, 0.25) is 5.02 Å². The third-order valence-corrected chi connectivity index (χ3v) is 4.00. The van der Waals surface area contributed by atoms with E-state index in [1.165, 1.54) is 29.9 Å². The van der Waals surface area contributed by atoms with Gasteiger partial charge in [-0.05, 0) is 12.1 Å². The molecule has 0 spiro atoms. The summed E-state index contributed by atoms with van der Waals surface area (Å²) in [4.78, 5) is 23.5. The number of carboxylic acids is 1. The highest BCUT2D eigenvalue weighted by Crippen LogP contribution is 2.20. The molecule has 0 saturated carbocycles. The molecule has 0 aliphatic carbocycles. The first kappa shape index (κ1) is 17.6. The maximum atomic E-state index is 13.8. The first-order valence-corrected chi connectivity index (χ1v) is 7.77. The Labute approximate surface area is 151 Å². The van der Waals surface area contributed by atoms with Gasteiger partial charge < -0.3 is 10.4 Å². The average Bonchev–Trinajstić information content (AvgIpc) is 3.17. The highest BCUT2D eigenvalue weighted by molar-refractivity contribution is 6.31. The van der Waals surface area contributed by atoms with Crippen molar-refractivity contribution in [3.8, 4) is 0 Å². The predicted octanol–water partition coefficient (Wildman–Crippen LogP) is 2.41. The zero-order chi connectivity index (χ0) is 18.8. The second kappa shape index (κ2) is 6.96. The highest BCUT2D eigenvalue weighted by atomic mass is 35.5. The Balaban J connectivity index is 1.78. The van der Waals surface area contributed by atoms with Crippen molar-refractivity contribution in [3.63, 3.8) is 0 Å². The number of carbonyl (C=O) groups excluding carboxylic acids is 1. The van der Waals surface area contributed by atoms with Crippen molar-refractivity contribution < 1.29 is 19.1 Å². The van der Waals surface area contributed by atoms with Crippen LogP contribution in [0.4, 0.5) is 10.2 Å². The van der Waals surface area contributed by atoms with Crippen LogP contribution in [0.3, 0.4) is 0 Å². The van der Waals surface area contributed by atoms with Gasteiger partial charge in [0, 0.05) is 29.9 Å². The Morgan fingerprint density at radius 1 is 1.35 bits per heavy atom.